The predicted octanol–water partition coefficient (Wildman–Crippen LogP) is 3.37. The second kappa shape index (κ2) is 5.21. The van der Waals surface area contributed by atoms with Crippen LogP contribution in [0.15, 0.2) is 27.7 Å². The first-order valence-corrected chi connectivity index (χ1v) is 8.70. The Morgan fingerprint density at radius 2 is 2.43 bits per heavy atom. The molecular weight excluding hydrogens is 356 g/mol. The van der Waals surface area contributed by atoms with Gasteiger partial charge in [-0.15, -0.1) is 0 Å². The molecule has 1 fully saturated rings. The normalized spacial score (nSPS) is 44.6. The summed E-state index contributed by atoms with van der Waals surface area (Å²) in [6, 6.07) is 5.69. The van der Waals surface area contributed by atoms with Gasteiger partial charge in [0.15, 0.2) is 0 Å². The van der Waals surface area contributed by atoms with Crippen molar-refractivity contribution in [3.63, 3.8) is 0 Å². The maximum atomic E-state index is 8.70. The van der Waals surface area contributed by atoms with Gasteiger partial charge in [-0.25, -0.2) is 4.99 Å². The van der Waals surface area contributed by atoms with E-state index in [0.717, 1.165) is 15.6 Å². The van der Waals surface area contributed by atoms with Crippen LogP contribution in [0.1, 0.15) is 44.2 Å². The van der Waals surface area contributed by atoms with Crippen LogP contribution >= 0.6 is 15.9 Å². The molecule has 1 heterocycles. The van der Waals surface area contributed by atoms with Gasteiger partial charge in [-0.3, -0.25) is 0 Å². The highest BCUT2D eigenvalue weighted by Gasteiger charge is 2.62. The third kappa shape index (κ3) is 2.09. The minimum atomic E-state index is -2.45. The molecule has 4 rings (SSSR count). The van der Waals surface area contributed by atoms with E-state index >= 15 is 0 Å². The molecule has 0 saturated heterocycles. The van der Waals surface area contributed by atoms with Crippen LogP contribution in [0.3, 0.4) is 0 Å². The molecule has 1 saturated carbocycles. The van der Waals surface area contributed by atoms with Crippen molar-refractivity contribution in [1.29, 1.82) is 0 Å². The number of benzene rings is 1. The lowest BCUT2D eigenvalue weighted by Gasteiger charge is -2.47. The number of halogens is 1. The lowest BCUT2D eigenvalue weighted by molar-refractivity contribution is -0.0445. The fraction of sp³-hybridized carbons (Fsp3) is 0.611. The lowest BCUT2D eigenvalue weighted by Crippen LogP contribution is -2.48. The number of hydrogen-bond donors (Lipinski definition) is 1. The molecule has 3 aliphatic rings. The van der Waals surface area contributed by atoms with Crippen LogP contribution in [-0.4, -0.2) is 25.7 Å². The van der Waals surface area contributed by atoms with Gasteiger partial charge in [0.25, 0.3) is 6.02 Å². The van der Waals surface area contributed by atoms with Crippen LogP contribution in [0.4, 0.5) is 0 Å². The highest BCUT2D eigenvalue weighted by molar-refractivity contribution is 9.10. The summed E-state index contributed by atoms with van der Waals surface area (Å²) in [6.07, 6.45) is 1.89. The molecule has 0 bridgehead atoms. The minimum absolute atomic E-state index is 0.0726. The number of rotatable bonds is 1. The van der Waals surface area contributed by atoms with E-state index in [2.05, 4.69) is 20.9 Å². The zero-order valence-corrected chi connectivity index (χ0v) is 14.5. The third-order valence-electron chi connectivity index (χ3n) is 5.75. The molecule has 4 atom stereocenters. The van der Waals surface area contributed by atoms with E-state index in [0.29, 0.717) is 25.7 Å². The van der Waals surface area contributed by atoms with E-state index < -0.39 is 30.7 Å². The van der Waals surface area contributed by atoms with Crippen molar-refractivity contribution >= 4 is 22.0 Å². The summed E-state index contributed by atoms with van der Waals surface area (Å²) in [6.45, 7) is -0.136. The standard InChI is InChI=1S/C18H23BrN2O2/c1-11-8-17(6-5-15(11)22-2)9-12-3-4-13(19)7-14(12)18(17)10-23-16(20)21-18/h3-4,7,11,15H,5-6,8-10H2,1-2H3,(H2,20,21)/t11-,15-,17-,18?/m0/s1/i2D3,10D2. The van der Waals surface area contributed by atoms with Gasteiger partial charge in [-0.1, -0.05) is 28.9 Å². The summed E-state index contributed by atoms with van der Waals surface area (Å²) in [5.41, 5.74) is 5.86. The molecule has 2 N–H and O–H groups in total. The smallest absolute Gasteiger partial charge is 0.283 e. The maximum Gasteiger partial charge on any atom is 0.283 e. The van der Waals surface area contributed by atoms with Crippen molar-refractivity contribution in [2.24, 2.45) is 22.1 Å². The number of fused-ring (bicyclic) bond motifs is 3. The summed E-state index contributed by atoms with van der Waals surface area (Å²) in [4.78, 5) is 4.59. The van der Waals surface area contributed by atoms with Gasteiger partial charge in [0.05, 0.1) is 13.0 Å². The van der Waals surface area contributed by atoms with Crippen LogP contribution in [0.5, 0.6) is 0 Å². The van der Waals surface area contributed by atoms with E-state index in [9.17, 15) is 0 Å². The number of ether oxygens (including phenoxy) is 2. The lowest BCUT2D eigenvalue weighted by atomic mass is 9.59. The molecule has 2 aliphatic carbocycles. The quantitative estimate of drug-likeness (QED) is 0.808. The molecule has 1 aliphatic heterocycles. The topological polar surface area (TPSA) is 56.8 Å². The molecule has 0 aromatic heterocycles. The van der Waals surface area contributed by atoms with Crippen LogP contribution in [0.2, 0.25) is 0 Å². The predicted molar refractivity (Wildman–Crippen MR) is 93.3 cm³/mol. The summed E-state index contributed by atoms with van der Waals surface area (Å²) < 4.78 is 51.2. The molecule has 4 nitrogen and oxygen atoms in total. The largest absolute Gasteiger partial charge is 0.462 e. The fourth-order valence-corrected chi connectivity index (χ4v) is 5.08. The summed E-state index contributed by atoms with van der Waals surface area (Å²) in [5.74, 6) is -0.0726. The third-order valence-corrected chi connectivity index (χ3v) is 6.24. The maximum absolute atomic E-state index is 8.70. The molecule has 1 aromatic rings. The van der Waals surface area contributed by atoms with E-state index in [4.69, 9.17) is 22.1 Å². The molecule has 2 spiro atoms. The average molecular weight is 384 g/mol. The Labute approximate surface area is 152 Å². The number of nitrogens with two attached hydrogens (primary N) is 1. The van der Waals surface area contributed by atoms with E-state index in [1.807, 2.05) is 25.1 Å². The molecular formula is C18H23BrN2O2. The van der Waals surface area contributed by atoms with Gasteiger partial charge >= 0.3 is 0 Å². The molecule has 23 heavy (non-hydrogen) atoms. The van der Waals surface area contributed by atoms with Crippen molar-refractivity contribution in [1.82, 2.24) is 0 Å². The molecule has 1 unspecified atom stereocenters. The molecule has 1 aromatic carbocycles. The minimum Gasteiger partial charge on any atom is -0.462 e. The highest BCUT2D eigenvalue weighted by Crippen LogP contribution is 2.62. The first-order valence-electron chi connectivity index (χ1n) is 10.4. The first-order chi connectivity index (χ1) is 12.9. The molecule has 0 radical (unpaired) electrons. The van der Waals surface area contributed by atoms with Crippen LogP contribution in [-0.2, 0) is 21.4 Å². The molecule has 0 amide bonds. The number of methoxy groups -OCH3 is 1. The Hall–Kier alpha value is -1.07. The van der Waals surface area contributed by atoms with Crippen molar-refractivity contribution in [3.05, 3.63) is 33.8 Å². The van der Waals surface area contributed by atoms with Gasteiger partial charge in [0.1, 0.15) is 12.1 Å². The second-order valence-corrected chi connectivity index (χ2v) is 7.92. The Bertz CT molecular complexity index is 846. The van der Waals surface area contributed by atoms with Crippen molar-refractivity contribution in [2.45, 2.75) is 44.2 Å². The Morgan fingerprint density at radius 1 is 1.57 bits per heavy atom. The Kier molecular flexibility index (Phi) is 2.43. The van der Waals surface area contributed by atoms with Crippen molar-refractivity contribution in [3.8, 4) is 0 Å². The summed E-state index contributed by atoms with van der Waals surface area (Å²) >= 11 is 3.49. The van der Waals surface area contributed by atoms with E-state index in [1.54, 1.807) is 0 Å². The van der Waals surface area contributed by atoms with Gasteiger partial charge in [-0.2, -0.15) is 0 Å². The Morgan fingerprint density at radius 3 is 3.13 bits per heavy atom. The Balaban J connectivity index is 1.80. The molecule has 124 valence electrons. The number of aliphatic imine (C=N–C) groups is 1. The van der Waals surface area contributed by atoms with Gasteiger partial charge in [0, 0.05) is 16.9 Å². The van der Waals surface area contributed by atoms with Gasteiger partial charge in [0.2, 0.25) is 0 Å². The van der Waals surface area contributed by atoms with Crippen LogP contribution in [0, 0.1) is 11.3 Å². The number of hydrogen-bond acceptors (Lipinski definition) is 4. The fourth-order valence-electron chi connectivity index (χ4n) is 4.71. The SMILES string of the molecule is [2H]C([2H])([2H])O[C@H]1CC[C@@]2(Cc3ccc(Br)cc3C23N=C(N)OC3([2H])[2H])C[C@@H]1C. The van der Waals surface area contributed by atoms with E-state index in [1.165, 1.54) is 0 Å². The van der Waals surface area contributed by atoms with Crippen LogP contribution < -0.4 is 5.73 Å². The van der Waals surface area contributed by atoms with Crippen molar-refractivity contribution < 1.29 is 16.3 Å². The van der Waals surface area contributed by atoms with Crippen LogP contribution in [0.25, 0.3) is 0 Å². The summed E-state index contributed by atoms with van der Waals surface area (Å²) in [7, 11) is -2.45. The molecule has 5 heteroatoms. The average Bonchev–Trinajstić information content (AvgIpc) is 2.94. The number of amidine groups is 1. The zero-order chi connectivity index (χ0) is 20.5. The van der Waals surface area contributed by atoms with Gasteiger partial charge < -0.3 is 15.2 Å². The summed E-state index contributed by atoms with van der Waals surface area (Å²) in [5, 5.41) is 0. The first kappa shape index (κ1) is 10.7. The van der Waals surface area contributed by atoms with Gasteiger partial charge in [-0.05, 0) is 54.9 Å². The monoisotopic (exact) mass is 383 g/mol. The number of nitrogens with zero attached hydrogens (tertiary/aromatic N) is 1. The highest BCUT2D eigenvalue weighted by atomic mass is 79.9. The second-order valence-electron chi connectivity index (χ2n) is 7.00. The van der Waals surface area contributed by atoms with E-state index in [-0.39, 0.29) is 11.9 Å². The zero-order valence-electron chi connectivity index (χ0n) is 17.9. The van der Waals surface area contributed by atoms with Crippen molar-refractivity contribution in [2.75, 3.05) is 13.6 Å².